The summed E-state index contributed by atoms with van der Waals surface area (Å²) in [5.74, 6) is 0.0502. The lowest BCUT2D eigenvalue weighted by Crippen LogP contribution is -2.23. The average molecular weight is 261 g/mol. The van der Waals surface area contributed by atoms with Gasteiger partial charge in [0.25, 0.3) is 11.5 Å². The van der Waals surface area contributed by atoms with E-state index in [0.717, 1.165) is 23.2 Å². The van der Waals surface area contributed by atoms with E-state index >= 15 is 0 Å². The number of amides is 1. The van der Waals surface area contributed by atoms with Crippen LogP contribution in [0.4, 0.5) is 5.82 Å². The van der Waals surface area contributed by atoms with Gasteiger partial charge in [-0.2, -0.15) is 10.2 Å². The van der Waals surface area contributed by atoms with Gasteiger partial charge < -0.3 is 5.32 Å². The van der Waals surface area contributed by atoms with Crippen LogP contribution in [-0.2, 0) is 13.5 Å². The van der Waals surface area contributed by atoms with Crippen LogP contribution in [0.5, 0.6) is 0 Å². The van der Waals surface area contributed by atoms with E-state index in [1.54, 1.807) is 6.07 Å². The fourth-order valence-corrected chi connectivity index (χ4v) is 1.63. The molecule has 7 nitrogen and oxygen atoms in total. The molecule has 0 aliphatic heterocycles. The first-order valence-electron chi connectivity index (χ1n) is 6.00. The summed E-state index contributed by atoms with van der Waals surface area (Å²) in [4.78, 5) is 23.1. The van der Waals surface area contributed by atoms with Crippen LogP contribution in [0, 0.1) is 0 Å². The van der Waals surface area contributed by atoms with Crippen LogP contribution in [0.2, 0.25) is 0 Å². The summed E-state index contributed by atoms with van der Waals surface area (Å²) in [5.41, 5.74) is 0.870. The highest BCUT2D eigenvalue weighted by molar-refractivity contribution is 6.02. The van der Waals surface area contributed by atoms with Gasteiger partial charge in [0.05, 0.1) is 0 Å². The molecule has 0 saturated carbocycles. The molecule has 0 radical (unpaired) electrons. The third-order valence-electron chi connectivity index (χ3n) is 2.58. The fourth-order valence-electron chi connectivity index (χ4n) is 1.63. The number of rotatable bonds is 4. The van der Waals surface area contributed by atoms with Crippen molar-refractivity contribution >= 4 is 11.7 Å². The van der Waals surface area contributed by atoms with E-state index in [1.807, 2.05) is 0 Å². The second kappa shape index (κ2) is 5.47. The number of nitrogens with zero attached hydrogens (tertiary/aromatic N) is 3. The first-order valence-corrected chi connectivity index (χ1v) is 6.00. The maximum atomic E-state index is 11.9. The lowest BCUT2D eigenvalue weighted by Gasteiger charge is -2.02. The second-order valence-corrected chi connectivity index (χ2v) is 4.16. The molecule has 7 heteroatoms. The van der Waals surface area contributed by atoms with Gasteiger partial charge in [-0.15, -0.1) is 0 Å². The van der Waals surface area contributed by atoms with Crippen molar-refractivity contribution in [3.05, 3.63) is 39.9 Å². The zero-order valence-corrected chi connectivity index (χ0v) is 10.8. The van der Waals surface area contributed by atoms with Gasteiger partial charge in [-0.05, 0) is 12.5 Å². The predicted octanol–water partition coefficient (Wildman–Crippen LogP) is 0.708. The van der Waals surface area contributed by atoms with E-state index in [1.165, 1.54) is 19.2 Å². The van der Waals surface area contributed by atoms with E-state index in [0.29, 0.717) is 5.82 Å². The summed E-state index contributed by atoms with van der Waals surface area (Å²) in [6, 6.07) is 4.47. The first-order chi connectivity index (χ1) is 9.10. The molecule has 100 valence electrons. The number of H-pyrrole nitrogens is 1. The van der Waals surface area contributed by atoms with Crippen molar-refractivity contribution in [2.75, 3.05) is 5.32 Å². The van der Waals surface area contributed by atoms with Crippen molar-refractivity contribution in [2.45, 2.75) is 19.8 Å². The van der Waals surface area contributed by atoms with E-state index in [2.05, 4.69) is 27.5 Å². The Morgan fingerprint density at radius 1 is 1.47 bits per heavy atom. The molecule has 1 amide bonds. The molecular formula is C12H15N5O2. The Hall–Kier alpha value is -2.44. The molecule has 0 unspecified atom stereocenters. The third-order valence-corrected chi connectivity index (χ3v) is 2.58. The smallest absolute Gasteiger partial charge is 0.277 e. The Morgan fingerprint density at radius 2 is 2.26 bits per heavy atom. The van der Waals surface area contributed by atoms with Crippen molar-refractivity contribution < 1.29 is 4.79 Å². The lowest BCUT2D eigenvalue weighted by molar-refractivity contribution is 0.101. The lowest BCUT2D eigenvalue weighted by atomic mass is 10.2. The van der Waals surface area contributed by atoms with E-state index in [9.17, 15) is 9.59 Å². The number of aromatic nitrogens is 4. The van der Waals surface area contributed by atoms with E-state index < -0.39 is 5.91 Å². The highest BCUT2D eigenvalue weighted by atomic mass is 16.2. The third kappa shape index (κ3) is 3.06. The number of anilines is 1. The van der Waals surface area contributed by atoms with Crippen LogP contribution in [0.15, 0.2) is 23.0 Å². The largest absolute Gasteiger partial charge is 0.304 e. The van der Waals surface area contributed by atoms with Gasteiger partial charge in [-0.25, -0.2) is 4.68 Å². The van der Waals surface area contributed by atoms with Crippen LogP contribution < -0.4 is 10.9 Å². The highest BCUT2D eigenvalue weighted by Gasteiger charge is 2.10. The van der Waals surface area contributed by atoms with Gasteiger partial charge >= 0.3 is 0 Å². The average Bonchev–Trinajstić information content (AvgIpc) is 2.80. The molecule has 0 bridgehead atoms. The molecule has 0 atom stereocenters. The maximum absolute atomic E-state index is 11.9. The molecule has 2 aromatic rings. The molecule has 2 heterocycles. The number of aryl methyl sites for hydroxylation is 2. The minimum absolute atomic E-state index is 0.169. The SMILES string of the molecule is CCCc1cc(NC(=O)c2ccc(=O)n(C)n2)n[nH]1. The molecule has 0 aromatic carbocycles. The van der Waals surface area contributed by atoms with Gasteiger partial charge in [0.1, 0.15) is 5.69 Å². The topological polar surface area (TPSA) is 92.7 Å². The molecule has 0 spiro atoms. The number of carbonyl (C=O) groups excluding carboxylic acids is 1. The molecule has 2 rings (SSSR count). The predicted molar refractivity (Wildman–Crippen MR) is 70.0 cm³/mol. The number of hydrogen-bond donors (Lipinski definition) is 2. The van der Waals surface area contributed by atoms with Gasteiger partial charge in [0, 0.05) is 24.9 Å². The van der Waals surface area contributed by atoms with Gasteiger partial charge in [0.15, 0.2) is 5.82 Å². The van der Waals surface area contributed by atoms with Crippen molar-refractivity contribution in [1.29, 1.82) is 0 Å². The first kappa shape index (κ1) is 13.0. The summed E-state index contributed by atoms with van der Waals surface area (Å²) in [6.45, 7) is 2.06. The number of carbonyl (C=O) groups is 1. The summed E-state index contributed by atoms with van der Waals surface area (Å²) >= 11 is 0. The molecule has 0 saturated heterocycles. The molecular weight excluding hydrogens is 246 g/mol. The van der Waals surface area contributed by atoms with Crippen LogP contribution >= 0.6 is 0 Å². The Morgan fingerprint density at radius 3 is 2.95 bits per heavy atom. The molecule has 0 fully saturated rings. The maximum Gasteiger partial charge on any atom is 0.277 e. The Kier molecular flexibility index (Phi) is 3.74. The van der Waals surface area contributed by atoms with Crippen LogP contribution in [0.25, 0.3) is 0 Å². The van der Waals surface area contributed by atoms with E-state index in [-0.39, 0.29) is 11.3 Å². The Bertz CT molecular complexity index is 644. The standard InChI is InChI=1S/C12H15N5O2/c1-3-4-8-7-10(15-14-8)13-12(19)9-5-6-11(18)17(2)16-9/h5-7H,3-4H2,1-2H3,(H2,13,14,15,19). The van der Waals surface area contributed by atoms with Crippen molar-refractivity contribution in [2.24, 2.45) is 7.05 Å². The van der Waals surface area contributed by atoms with Crippen LogP contribution in [0.3, 0.4) is 0 Å². The van der Waals surface area contributed by atoms with Gasteiger partial charge in [0.2, 0.25) is 0 Å². The van der Waals surface area contributed by atoms with E-state index in [4.69, 9.17) is 0 Å². The van der Waals surface area contributed by atoms with Gasteiger partial charge in [-0.3, -0.25) is 14.7 Å². The van der Waals surface area contributed by atoms with Gasteiger partial charge in [-0.1, -0.05) is 13.3 Å². The molecule has 0 aliphatic rings. The van der Waals surface area contributed by atoms with Crippen molar-refractivity contribution in [3.8, 4) is 0 Å². The summed E-state index contributed by atoms with van der Waals surface area (Å²) < 4.78 is 1.11. The quantitative estimate of drug-likeness (QED) is 0.847. The molecule has 0 aliphatic carbocycles. The normalized spacial score (nSPS) is 10.4. The minimum Gasteiger partial charge on any atom is -0.304 e. The summed E-state index contributed by atoms with van der Waals surface area (Å²) in [7, 11) is 1.49. The van der Waals surface area contributed by atoms with Crippen LogP contribution in [-0.4, -0.2) is 25.9 Å². The van der Waals surface area contributed by atoms with Crippen molar-refractivity contribution in [1.82, 2.24) is 20.0 Å². The highest BCUT2D eigenvalue weighted by Crippen LogP contribution is 2.08. The molecule has 2 N–H and O–H groups in total. The fraction of sp³-hybridized carbons (Fsp3) is 0.333. The zero-order valence-electron chi connectivity index (χ0n) is 10.8. The molecule has 2 aromatic heterocycles. The minimum atomic E-state index is -0.398. The van der Waals surface area contributed by atoms with Crippen LogP contribution in [0.1, 0.15) is 29.5 Å². The number of aromatic amines is 1. The Labute approximate surface area is 109 Å². The van der Waals surface area contributed by atoms with Crippen molar-refractivity contribution in [3.63, 3.8) is 0 Å². The Balaban J connectivity index is 2.11. The second-order valence-electron chi connectivity index (χ2n) is 4.16. The summed E-state index contributed by atoms with van der Waals surface area (Å²) in [5, 5.41) is 13.3. The molecule has 19 heavy (non-hydrogen) atoms. The summed E-state index contributed by atoms with van der Waals surface area (Å²) in [6.07, 6.45) is 1.87. The number of hydrogen-bond acceptors (Lipinski definition) is 4. The number of nitrogens with one attached hydrogen (secondary N) is 2. The zero-order chi connectivity index (χ0) is 13.8. The monoisotopic (exact) mass is 261 g/mol.